The first-order valence-corrected chi connectivity index (χ1v) is 14.2. The van der Waals surface area contributed by atoms with Gasteiger partial charge in [0.25, 0.3) is 6.47 Å². The van der Waals surface area contributed by atoms with Crippen molar-refractivity contribution < 1.29 is 33.5 Å². The van der Waals surface area contributed by atoms with Gasteiger partial charge in [-0.3, -0.25) is 4.79 Å². The lowest BCUT2D eigenvalue weighted by molar-refractivity contribution is -0.627. The number of ether oxygens (including phenoxy) is 2. The summed E-state index contributed by atoms with van der Waals surface area (Å²) in [7, 11) is -0.0533. The molecule has 1 rings (SSSR count). The Labute approximate surface area is 207 Å². The highest BCUT2D eigenvalue weighted by atomic mass is 31.2. The molecule has 2 unspecified atom stereocenters. The van der Waals surface area contributed by atoms with E-state index in [9.17, 15) is 9.69 Å². The maximum absolute atomic E-state index is 10.9. The molecule has 0 bridgehead atoms. The second-order valence-electron chi connectivity index (χ2n) is 8.65. The molecule has 196 valence electrons. The first-order valence-electron chi connectivity index (χ1n) is 13.0. The van der Waals surface area contributed by atoms with Gasteiger partial charge in [-0.2, -0.15) is 0 Å². The molecule has 3 N–H and O–H groups in total. The highest BCUT2D eigenvalue weighted by Gasteiger charge is 2.16. The number of carbonyl (C=O) groups is 1. The van der Waals surface area contributed by atoms with Gasteiger partial charge in [0.05, 0.1) is 26.8 Å². The number of hydrogen-bond acceptors (Lipinski definition) is 6. The minimum atomic E-state index is -1.98. The van der Waals surface area contributed by atoms with E-state index in [0.717, 1.165) is 24.3 Å². The summed E-state index contributed by atoms with van der Waals surface area (Å²) in [5.41, 5.74) is 0.982. The molecule has 8 heteroatoms. The Morgan fingerprint density at radius 2 is 1.65 bits per heavy atom. The molecular weight excluding hydrogens is 453 g/mol. The Balaban J connectivity index is 2.21. The number of hydrogen-bond donors (Lipinski definition) is 2. The van der Waals surface area contributed by atoms with Crippen molar-refractivity contribution in [1.29, 1.82) is 0 Å². The minimum Gasteiger partial charge on any atom is -0.494 e. The molecule has 34 heavy (non-hydrogen) atoms. The summed E-state index contributed by atoms with van der Waals surface area (Å²) in [6, 6.07) is 7.81. The van der Waals surface area contributed by atoms with Crippen molar-refractivity contribution in [2.45, 2.75) is 90.1 Å². The maximum Gasteiger partial charge on any atom is 0.330 e. The molecule has 0 fully saturated rings. The van der Waals surface area contributed by atoms with Gasteiger partial charge < -0.3 is 28.7 Å². The summed E-state index contributed by atoms with van der Waals surface area (Å²) in [6.07, 6.45) is 14.4. The molecule has 0 spiro atoms. The lowest BCUT2D eigenvalue weighted by Crippen LogP contribution is -2.80. The molecule has 7 nitrogen and oxygen atoms in total. The third-order valence-electron chi connectivity index (χ3n) is 5.61. The SMILES string of the molecule is CCCCCCCCCCCCCOc1cccc(CC(COP(O)OCC[NH2+]C)OC=O)c1. The molecular formula is C26H47NO6P+. The molecule has 0 amide bonds. The fourth-order valence-corrected chi connectivity index (χ4v) is 4.27. The molecule has 0 aliphatic rings. The van der Waals surface area contributed by atoms with Crippen molar-refractivity contribution in [3.8, 4) is 5.75 Å². The van der Waals surface area contributed by atoms with Crippen molar-refractivity contribution >= 4 is 15.1 Å². The Morgan fingerprint density at radius 3 is 2.29 bits per heavy atom. The summed E-state index contributed by atoms with van der Waals surface area (Å²) in [4.78, 5) is 20.7. The average Bonchev–Trinajstić information content (AvgIpc) is 2.84. The predicted molar refractivity (Wildman–Crippen MR) is 137 cm³/mol. The molecule has 1 aromatic carbocycles. The van der Waals surface area contributed by atoms with Crippen molar-refractivity contribution in [1.82, 2.24) is 0 Å². The van der Waals surface area contributed by atoms with Crippen molar-refractivity contribution in [2.75, 3.05) is 33.4 Å². The van der Waals surface area contributed by atoms with E-state index in [1.807, 2.05) is 36.6 Å². The summed E-state index contributed by atoms with van der Waals surface area (Å²) < 4.78 is 21.6. The molecule has 0 radical (unpaired) electrons. The van der Waals surface area contributed by atoms with Crippen LogP contribution in [0.15, 0.2) is 24.3 Å². The van der Waals surface area contributed by atoms with Crippen LogP contribution < -0.4 is 10.1 Å². The van der Waals surface area contributed by atoms with Gasteiger partial charge in [0.15, 0.2) is 0 Å². The Morgan fingerprint density at radius 1 is 0.971 bits per heavy atom. The fraction of sp³-hybridized carbons (Fsp3) is 0.731. The van der Waals surface area contributed by atoms with Crippen LogP contribution in [-0.2, 0) is 25.0 Å². The Kier molecular flexibility index (Phi) is 20.1. The van der Waals surface area contributed by atoms with Gasteiger partial charge in [-0.15, -0.1) is 0 Å². The van der Waals surface area contributed by atoms with Crippen LogP contribution in [0, 0.1) is 0 Å². The molecule has 0 heterocycles. The van der Waals surface area contributed by atoms with E-state index in [4.69, 9.17) is 18.5 Å². The third kappa shape index (κ3) is 17.2. The highest BCUT2D eigenvalue weighted by molar-refractivity contribution is 7.40. The largest absolute Gasteiger partial charge is 0.494 e. The monoisotopic (exact) mass is 500 g/mol. The fourth-order valence-electron chi connectivity index (χ4n) is 3.64. The predicted octanol–water partition coefficient (Wildman–Crippen LogP) is 4.91. The van der Waals surface area contributed by atoms with Gasteiger partial charge in [0.2, 0.25) is 0 Å². The number of likely N-dealkylation sites (N-methyl/N-ethyl adjacent to an activating group) is 1. The van der Waals surface area contributed by atoms with Crippen LogP contribution in [0.2, 0.25) is 0 Å². The number of rotatable bonds is 24. The quantitative estimate of drug-likeness (QED) is 0.119. The minimum absolute atomic E-state index is 0.0700. The summed E-state index contributed by atoms with van der Waals surface area (Å²) >= 11 is 0. The summed E-state index contributed by atoms with van der Waals surface area (Å²) in [5, 5.41) is 1.95. The number of unbranched alkanes of at least 4 members (excludes halogenated alkanes) is 10. The van der Waals surface area contributed by atoms with Crippen LogP contribution >= 0.6 is 8.60 Å². The van der Waals surface area contributed by atoms with Gasteiger partial charge in [0.1, 0.15) is 18.5 Å². The molecule has 1 aromatic rings. The summed E-state index contributed by atoms with van der Waals surface area (Å²) in [5.74, 6) is 0.818. The number of quaternary nitrogens is 1. The lowest BCUT2D eigenvalue weighted by atomic mass is 10.1. The zero-order chi connectivity index (χ0) is 24.7. The average molecular weight is 501 g/mol. The van der Waals surface area contributed by atoms with Crippen LogP contribution in [0.25, 0.3) is 0 Å². The van der Waals surface area contributed by atoms with Gasteiger partial charge in [-0.1, -0.05) is 83.3 Å². The normalized spacial score (nSPS) is 12.9. The summed E-state index contributed by atoms with van der Waals surface area (Å²) in [6.45, 7) is 4.59. The Hall–Kier alpha value is -1.24. The van der Waals surface area contributed by atoms with E-state index in [2.05, 4.69) is 6.92 Å². The van der Waals surface area contributed by atoms with Crippen molar-refractivity contribution in [2.24, 2.45) is 0 Å². The molecule has 0 aliphatic heterocycles. The van der Waals surface area contributed by atoms with Crippen LogP contribution in [0.5, 0.6) is 5.75 Å². The van der Waals surface area contributed by atoms with E-state index < -0.39 is 14.7 Å². The second kappa shape index (κ2) is 22.2. The standard InChI is InChI=1S/C26H46NO6P/c1-3-4-5-6-7-8-9-10-11-12-13-18-30-25-16-14-15-24(20-25)21-26(31-23-28)22-33-34(29)32-19-17-27-2/h14-16,20,23,26-27,29H,3-13,17-19,21-22H2,1-2H3/p+1. The van der Waals surface area contributed by atoms with Gasteiger partial charge in [0, 0.05) is 6.42 Å². The highest BCUT2D eigenvalue weighted by Crippen LogP contribution is 2.32. The van der Waals surface area contributed by atoms with Crippen LogP contribution in [0.4, 0.5) is 0 Å². The second-order valence-corrected chi connectivity index (χ2v) is 9.65. The van der Waals surface area contributed by atoms with Crippen LogP contribution in [-0.4, -0.2) is 50.9 Å². The number of benzene rings is 1. The smallest absolute Gasteiger partial charge is 0.330 e. The van der Waals surface area contributed by atoms with Crippen LogP contribution in [0.1, 0.15) is 83.1 Å². The molecule has 0 aliphatic carbocycles. The van der Waals surface area contributed by atoms with Gasteiger partial charge >= 0.3 is 8.60 Å². The zero-order valence-corrected chi connectivity index (χ0v) is 22.2. The van der Waals surface area contributed by atoms with E-state index in [0.29, 0.717) is 26.1 Å². The van der Waals surface area contributed by atoms with Gasteiger partial charge in [-0.25, -0.2) is 0 Å². The number of nitrogens with two attached hydrogens (primary N) is 1. The topological polar surface area (TPSA) is 90.8 Å². The third-order valence-corrected chi connectivity index (χ3v) is 6.38. The van der Waals surface area contributed by atoms with Crippen molar-refractivity contribution in [3.05, 3.63) is 29.8 Å². The van der Waals surface area contributed by atoms with E-state index in [1.165, 1.54) is 64.2 Å². The first-order chi connectivity index (χ1) is 16.7. The Bertz CT molecular complexity index is 606. The van der Waals surface area contributed by atoms with E-state index >= 15 is 0 Å². The lowest BCUT2D eigenvalue weighted by Gasteiger charge is -2.17. The van der Waals surface area contributed by atoms with Gasteiger partial charge in [-0.05, 0) is 24.1 Å². The molecule has 2 atom stereocenters. The maximum atomic E-state index is 10.9. The van der Waals surface area contributed by atoms with E-state index in [1.54, 1.807) is 0 Å². The van der Waals surface area contributed by atoms with Crippen molar-refractivity contribution in [3.63, 3.8) is 0 Å². The molecule has 0 aromatic heterocycles. The molecule has 0 saturated carbocycles. The first kappa shape index (κ1) is 30.8. The molecule has 0 saturated heterocycles. The number of carbonyl (C=O) groups excluding carboxylic acids is 1. The van der Waals surface area contributed by atoms with Crippen LogP contribution in [0.3, 0.4) is 0 Å². The zero-order valence-electron chi connectivity index (χ0n) is 21.3. The van der Waals surface area contributed by atoms with E-state index in [-0.39, 0.29) is 6.61 Å².